The Balaban J connectivity index is 0.000000172. The largest absolute Gasteiger partial charge is 0.496 e. The van der Waals surface area contributed by atoms with Crippen LogP contribution in [0.3, 0.4) is 0 Å². The van der Waals surface area contributed by atoms with Crippen molar-refractivity contribution in [2.75, 3.05) is 83.2 Å². The molecule has 8 aliphatic rings. The van der Waals surface area contributed by atoms with Crippen LogP contribution in [0.1, 0.15) is 183 Å². The van der Waals surface area contributed by atoms with Gasteiger partial charge in [-0.05, 0) is 146 Å². The average molecular weight is 1750 g/mol. The lowest BCUT2D eigenvalue weighted by atomic mass is 10.0. The molecule has 6 saturated heterocycles. The molecule has 9 heterocycles. The Morgan fingerprint density at radius 2 is 0.888 bits per heavy atom. The number of carbonyl (C=O) groups excluding carboxylic acids is 8. The Morgan fingerprint density at radius 1 is 0.472 bits per heavy atom. The molecule has 125 heavy (non-hydrogen) atoms. The number of benzene rings is 7. The number of aromatic nitrogens is 2. The first-order valence-corrected chi connectivity index (χ1v) is 47.2. The molecule has 27 heteroatoms. The minimum Gasteiger partial charge on any atom is -0.496 e. The Hall–Kier alpha value is -11.0. The number of para-hydroxylation sites is 4. The number of aromatic amines is 1. The van der Waals surface area contributed by atoms with Crippen molar-refractivity contribution in [1.82, 2.24) is 48.8 Å². The van der Waals surface area contributed by atoms with Crippen LogP contribution >= 0.6 is 35.3 Å². The number of H-pyrrole nitrogens is 1. The van der Waals surface area contributed by atoms with Gasteiger partial charge in [0, 0.05) is 141 Å². The molecule has 1 aromatic heterocycles. The van der Waals surface area contributed by atoms with Crippen LogP contribution in [0.25, 0.3) is 11.3 Å². The third kappa shape index (κ3) is 22.3. The summed E-state index contributed by atoms with van der Waals surface area (Å²) in [6.45, 7) is 20.0. The summed E-state index contributed by atoms with van der Waals surface area (Å²) >= 11 is 4.66. The maximum atomic E-state index is 13.9. The number of thioether (sulfide) groups is 3. The molecule has 0 radical (unpaired) electrons. The van der Waals surface area contributed by atoms with E-state index in [2.05, 4.69) is 69.3 Å². The van der Waals surface area contributed by atoms with E-state index >= 15 is 0 Å². The number of ether oxygens (including phenoxy) is 2. The molecule has 24 nitrogen and oxygen atoms in total. The first-order valence-electron chi connectivity index (χ1n) is 44.3. The van der Waals surface area contributed by atoms with Crippen LogP contribution in [-0.2, 0) is 48.3 Å². The zero-order valence-electron chi connectivity index (χ0n) is 72.7. The number of likely N-dealkylation sites (tertiary alicyclic amines) is 3. The summed E-state index contributed by atoms with van der Waals surface area (Å²) in [4.78, 5) is 138. The summed E-state index contributed by atoms with van der Waals surface area (Å²) in [7, 11) is 1.65. The van der Waals surface area contributed by atoms with Crippen LogP contribution in [0, 0.1) is 29.1 Å². The molecule has 0 spiro atoms. The summed E-state index contributed by atoms with van der Waals surface area (Å²) in [5.74, 6) is 2.97. The van der Waals surface area contributed by atoms with E-state index in [1.54, 1.807) is 47.3 Å². The number of piperidine rings is 3. The van der Waals surface area contributed by atoms with Crippen molar-refractivity contribution in [1.29, 1.82) is 5.26 Å². The highest BCUT2D eigenvalue weighted by atomic mass is 32.2. The number of imidazole rings is 1. The smallest absolute Gasteiger partial charge is 0.326 e. The van der Waals surface area contributed by atoms with Crippen LogP contribution in [0.5, 0.6) is 11.5 Å². The quantitative estimate of drug-likeness (QED) is 0.0455. The maximum Gasteiger partial charge on any atom is 0.326 e. The van der Waals surface area contributed by atoms with Crippen LogP contribution in [-0.4, -0.2) is 197 Å². The predicted octanol–water partition coefficient (Wildman–Crippen LogP) is 17.3. The molecule has 3 N–H and O–H groups in total. The van der Waals surface area contributed by atoms with Gasteiger partial charge in [0.05, 0.1) is 40.2 Å². The van der Waals surface area contributed by atoms with Crippen molar-refractivity contribution in [3.05, 3.63) is 238 Å². The van der Waals surface area contributed by atoms with E-state index in [0.717, 1.165) is 119 Å². The summed E-state index contributed by atoms with van der Waals surface area (Å²) in [5, 5.41) is 13.4. The number of hydrogen-bond donors (Lipinski definition) is 3. The maximum absolute atomic E-state index is 13.9. The predicted molar refractivity (Wildman–Crippen MR) is 497 cm³/mol. The number of amides is 10. The van der Waals surface area contributed by atoms with Gasteiger partial charge >= 0.3 is 17.8 Å². The normalized spacial score (nSPS) is 20.7. The third-order valence-corrected chi connectivity index (χ3v) is 29.4. The topological polar surface area (TPSA) is 267 Å². The van der Waals surface area contributed by atoms with Crippen LogP contribution in [0.15, 0.2) is 193 Å². The second-order valence-corrected chi connectivity index (χ2v) is 38.7. The lowest BCUT2D eigenvalue weighted by Gasteiger charge is -2.40. The Morgan fingerprint density at radius 3 is 1.39 bits per heavy atom. The van der Waals surface area contributed by atoms with Gasteiger partial charge in [0.1, 0.15) is 34.2 Å². The van der Waals surface area contributed by atoms with E-state index in [1.807, 2.05) is 209 Å². The van der Waals surface area contributed by atoms with E-state index in [9.17, 15) is 43.2 Å². The number of nitrogens with zero attached hydrogens (tertiary/aromatic N) is 10. The average Bonchev–Trinajstić information content (AvgIpc) is 1.73. The monoisotopic (exact) mass is 1750 g/mol. The number of fused-ring (bicyclic) bond motifs is 2. The lowest BCUT2D eigenvalue weighted by Crippen LogP contribution is -2.51. The van der Waals surface area contributed by atoms with Gasteiger partial charge in [-0.1, -0.05) is 187 Å². The molecule has 662 valence electrons. The molecule has 0 saturated carbocycles. The minimum atomic E-state index is -0.445. The SMILES string of the molecule is CC(C)CCN1C(=O)C(CC(=O)N2CCC(N3CCc4ccccc4NC3=O)CC2)SC1c1ccccc1OCc1ccccc1.CC(C)CCN1C(=O)C(CC(=O)N2CCC(N3Cc4ccccc4NC3=O)CC2)SC1c1ccc(C#N)cc1.COc1ccccc1C1SC(CC(=O)N2CCC(n3cc(-c4ccccc4)[nH]c3=O)CC2)C(=O)N1CCC(C)C.[HH].[HH]. The van der Waals surface area contributed by atoms with Gasteiger partial charge in [-0.15, -0.1) is 35.3 Å². The molecule has 6 atom stereocenters. The fraction of sp³-hybridized carbons (Fsp3) is 0.449. The molecule has 7 aromatic carbocycles. The Kier molecular flexibility index (Phi) is 30.6. The third-order valence-electron chi connectivity index (χ3n) is 25.0. The van der Waals surface area contributed by atoms with Gasteiger partial charge < -0.3 is 64.3 Å². The number of nitriles is 1. The highest BCUT2D eigenvalue weighted by Gasteiger charge is 2.47. The lowest BCUT2D eigenvalue weighted by molar-refractivity contribution is -0.137. The number of methoxy groups -OCH3 is 1. The molecule has 10 amide bonds. The first kappa shape index (κ1) is 90.3. The summed E-state index contributed by atoms with van der Waals surface area (Å²) in [6, 6.07) is 61.0. The number of nitrogens with one attached hydrogen (secondary N) is 3. The molecule has 16 rings (SSSR count). The molecule has 0 aliphatic carbocycles. The summed E-state index contributed by atoms with van der Waals surface area (Å²) in [6.07, 6.45) is 10.2. The Bertz CT molecular complexity index is 5190. The van der Waals surface area contributed by atoms with E-state index in [4.69, 9.17) is 14.7 Å². The van der Waals surface area contributed by atoms with Gasteiger partial charge in [-0.25, -0.2) is 14.4 Å². The van der Waals surface area contributed by atoms with Gasteiger partial charge in [0.15, 0.2) is 0 Å². The first-order chi connectivity index (χ1) is 60.6. The summed E-state index contributed by atoms with van der Waals surface area (Å²) < 4.78 is 13.7. The van der Waals surface area contributed by atoms with E-state index < -0.39 is 15.7 Å². The second-order valence-electron chi connectivity index (χ2n) is 34.8. The van der Waals surface area contributed by atoms with Crippen LogP contribution in [0.4, 0.5) is 21.0 Å². The standard InChI is InChI=1S/C37H44N4O4S.C31H38N4O4S.C30H35N5O3S.2H2/c1-26(2)16-22-41-35(43)33(46-36(41)30-13-7-9-15-32(30)45-25-27-10-4-3-5-11-27)24-34(42)39-20-18-29(19-21-39)40-23-17-28-12-6-8-14-31(28)38-37(40)44;1-21(2)13-18-34-29(37)27(40-30(34)24-11-7-8-12-26(24)39-3)19-28(36)33-16-14-23(15-17-33)35-20-25(32-31(35)38)22-9-5-4-6-10-22;1-20(2)11-16-34-28(37)26(39-29(34)22-9-7-21(18-31)8-10-22)17-27(36)33-14-12-24(13-15-33)35-19-23-5-3-4-6-25(23)32-30(35)38;;/h3-15,26,29,33,36H,16-25H2,1-2H3,(H,38,44);4-12,20-21,23,27,30H,13-19H2,1-3H3,(H,32,38);3-10,20,24,26,29H,11-17,19H2,1-2H3,(H,32,38);2*1H. The molecule has 6 unspecified atom stereocenters. The Labute approximate surface area is 749 Å². The van der Waals surface area contributed by atoms with Crippen molar-refractivity contribution < 1.29 is 50.7 Å². The van der Waals surface area contributed by atoms with E-state index in [-0.39, 0.29) is 110 Å². The molecule has 6 fully saturated rings. The molecular formula is C98H121N13O11S3. The fourth-order valence-corrected chi connectivity index (χ4v) is 22.2. The second kappa shape index (κ2) is 42.4. The van der Waals surface area contributed by atoms with E-state index in [1.165, 1.54) is 11.8 Å². The molecule has 8 aromatic rings. The number of carbonyl (C=O) groups is 8. The van der Waals surface area contributed by atoms with Gasteiger partial charge in [-0.3, -0.25) is 33.3 Å². The molecule has 0 bridgehead atoms. The zero-order valence-corrected chi connectivity index (χ0v) is 75.1. The number of anilines is 2. The van der Waals surface area contributed by atoms with Gasteiger partial charge in [0.25, 0.3) is 0 Å². The zero-order chi connectivity index (χ0) is 87.8. The number of urea groups is 2. The van der Waals surface area contributed by atoms with Crippen LogP contribution < -0.4 is 25.8 Å². The number of rotatable bonds is 26. The number of hydrogen-bond acceptors (Lipinski definition) is 15. The molecular weight excluding hydrogens is 1630 g/mol. The van der Waals surface area contributed by atoms with Crippen molar-refractivity contribution in [2.45, 2.75) is 188 Å². The van der Waals surface area contributed by atoms with Gasteiger partial charge in [0.2, 0.25) is 35.4 Å². The minimum absolute atomic E-state index is 0. The fourth-order valence-electron chi connectivity index (χ4n) is 17.7. The van der Waals surface area contributed by atoms with Crippen molar-refractivity contribution in [3.63, 3.8) is 0 Å². The van der Waals surface area contributed by atoms with Crippen LogP contribution in [0.2, 0.25) is 0 Å². The summed E-state index contributed by atoms with van der Waals surface area (Å²) in [5.41, 5.74) is 10.2. The van der Waals surface area contributed by atoms with E-state index in [0.29, 0.717) is 115 Å². The van der Waals surface area contributed by atoms with Crippen molar-refractivity contribution >= 4 is 94.2 Å². The van der Waals surface area contributed by atoms with Crippen molar-refractivity contribution in [3.8, 4) is 28.8 Å². The van der Waals surface area contributed by atoms with Gasteiger partial charge in [-0.2, -0.15) is 5.26 Å². The highest BCUT2D eigenvalue weighted by Crippen LogP contribution is 2.50. The molecule has 8 aliphatic heterocycles. The highest BCUT2D eigenvalue weighted by molar-refractivity contribution is 8.01. The van der Waals surface area contributed by atoms with Crippen molar-refractivity contribution in [2.24, 2.45) is 17.8 Å².